The van der Waals surface area contributed by atoms with Gasteiger partial charge in [-0.05, 0) is 30.3 Å². The third-order valence-corrected chi connectivity index (χ3v) is 6.81. The number of benzene rings is 2. The Balaban J connectivity index is 2.00. The number of alkyl halides is 3. The second kappa shape index (κ2) is 9.07. The van der Waals surface area contributed by atoms with Gasteiger partial charge in [-0.25, -0.2) is 9.18 Å². The molecule has 12 heteroatoms. The molecule has 1 amide bonds. The average Bonchev–Trinajstić information content (AvgIpc) is 3.37. The molecule has 4 rings (SSSR count). The van der Waals surface area contributed by atoms with Crippen LogP contribution in [0.4, 0.5) is 17.6 Å². The van der Waals surface area contributed by atoms with Crippen LogP contribution in [0, 0.1) is 5.82 Å². The number of thiophene rings is 1. The number of amides is 1. The number of nitrogens with zero attached hydrogens (tertiary/aromatic N) is 2. The van der Waals surface area contributed by atoms with E-state index in [0.29, 0.717) is 0 Å². The minimum Gasteiger partial charge on any atom is -0.478 e. The number of carboxylic acid groups (broad SMARTS) is 1. The first-order chi connectivity index (χ1) is 16.8. The van der Waals surface area contributed by atoms with E-state index in [1.165, 1.54) is 31.1 Å². The van der Waals surface area contributed by atoms with Gasteiger partial charge in [-0.1, -0.05) is 23.7 Å². The summed E-state index contributed by atoms with van der Waals surface area (Å²) >= 11 is 6.94. The number of hydrogen-bond acceptors (Lipinski definition) is 4. The van der Waals surface area contributed by atoms with E-state index in [0.717, 1.165) is 52.4 Å². The van der Waals surface area contributed by atoms with Gasteiger partial charge in [0.25, 0.3) is 11.8 Å². The molecule has 0 fully saturated rings. The topological polar surface area (TPSA) is 79.6 Å². The van der Waals surface area contributed by atoms with Crippen LogP contribution in [0.2, 0.25) is 5.02 Å². The van der Waals surface area contributed by atoms with Gasteiger partial charge < -0.3 is 10.0 Å². The highest BCUT2D eigenvalue weighted by molar-refractivity contribution is 7.21. The van der Waals surface area contributed by atoms with Crippen molar-refractivity contribution in [2.24, 2.45) is 0 Å². The third kappa shape index (κ3) is 4.35. The number of halogens is 5. The van der Waals surface area contributed by atoms with Crippen molar-refractivity contribution >= 4 is 50.9 Å². The Kier molecular flexibility index (Phi) is 6.40. The van der Waals surface area contributed by atoms with E-state index in [2.05, 4.69) is 0 Å². The van der Waals surface area contributed by atoms with Crippen molar-refractivity contribution in [2.45, 2.75) is 6.18 Å². The fraction of sp³-hybridized carbons (Fsp3) is 0.125. The van der Waals surface area contributed by atoms with Crippen LogP contribution in [0.5, 0.6) is 0 Å². The SMILES string of the molecule is CN(C)C(=O)c1cc2c(s1)c(-c1ccc(C(=O)O)cc1F)cn2C(=O)c1c(Cl)cccc1C(F)(F)F. The molecule has 2 aromatic carbocycles. The summed E-state index contributed by atoms with van der Waals surface area (Å²) in [6.45, 7) is 0. The van der Waals surface area contributed by atoms with Crippen LogP contribution >= 0.6 is 22.9 Å². The standard InChI is InChI=1S/C24H15ClF4N2O4S/c1-30(2)21(32)18-9-17-20(36-18)13(12-7-6-11(23(34)35)8-16(12)26)10-31(17)22(33)19-14(24(27,28)29)4-3-5-15(19)25/h3-10H,1-2H3,(H,34,35). The van der Waals surface area contributed by atoms with Crippen molar-refractivity contribution in [1.82, 2.24) is 9.47 Å². The van der Waals surface area contributed by atoms with Crippen LogP contribution in [-0.2, 0) is 6.18 Å². The summed E-state index contributed by atoms with van der Waals surface area (Å²) < 4.78 is 57.1. The molecule has 2 aromatic heterocycles. The summed E-state index contributed by atoms with van der Waals surface area (Å²) in [6, 6.07) is 7.39. The van der Waals surface area contributed by atoms with Crippen LogP contribution in [0.15, 0.2) is 48.7 Å². The zero-order valence-corrected chi connectivity index (χ0v) is 20.1. The van der Waals surface area contributed by atoms with E-state index in [9.17, 15) is 31.9 Å². The number of carbonyl (C=O) groups is 3. The fourth-order valence-corrected chi connectivity index (χ4v) is 5.11. The minimum absolute atomic E-state index is 0.0694. The zero-order valence-electron chi connectivity index (χ0n) is 18.5. The van der Waals surface area contributed by atoms with E-state index in [1.54, 1.807) is 0 Å². The molecule has 0 aliphatic rings. The van der Waals surface area contributed by atoms with Gasteiger partial charge in [-0.2, -0.15) is 13.2 Å². The van der Waals surface area contributed by atoms with Gasteiger partial charge in [-0.3, -0.25) is 14.2 Å². The maximum atomic E-state index is 14.9. The first-order valence-electron chi connectivity index (χ1n) is 10.1. The van der Waals surface area contributed by atoms with Crippen molar-refractivity contribution in [3.05, 3.63) is 81.1 Å². The molecule has 4 aromatic rings. The van der Waals surface area contributed by atoms with E-state index in [1.807, 2.05) is 0 Å². The van der Waals surface area contributed by atoms with Crippen LogP contribution in [0.3, 0.4) is 0 Å². The van der Waals surface area contributed by atoms with Crippen LogP contribution < -0.4 is 0 Å². The molecule has 0 spiro atoms. The molecule has 0 aliphatic heterocycles. The van der Waals surface area contributed by atoms with Crippen molar-refractivity contribution in [1.29, 1.82) is 0 Å². The molecule has 0 unspecified atom stereocenters. The van der Waals surface area contributed by atoms with Crippen molar-refractivity contribution < 1.29 is 37.1 Å². The summed E-state index contributed by atoms with van der Waals surface area (Å²) in [6.07, 6.45) is -3.74. The molecule has 0 bridgehead atoms. The monoisotopic (exact) mass is 538 g/mol. The van der Waals surface area contributed by atoms with Crippen molar-refractivity contribution in [3.8, 4) is 11.1 Å². The molecule has 0 aliphatic carbocycles. The lowest BCUT2D eigenvalue weighted by Gasteiger charge is -2.14. The fourth-order valence-electron chi connectivity index (χ4n) is 3.66. The van der Waals surface area contributed by atoms with Crippen molar-refractivity contribution in [2.75, 3.05) is 14.1 Å². The Bertz CT molecular complexity index is 1560. The van der Waals surface area contributed by atoms with Crippen LogP contribution in [-0.4, -0.2) is 46.5 Å². The highest BCUT2D eigenvalue weighted by atomic mass is 35.5. The van der Waals surface area contributed by atoms with E-state index >= 15 is 0 Å². The number of aromatic carboxylic acids is 1. The average molecular weight is 539 g/mol. The lowest BCUT2D eigenvalue weighted by atomic mass is 10.1. The normalized spacial score (nSPS) is 11.6. The largest absolute Gasteiger partial charge is 0.478 e. The summed E-state index contributed by atoms with van der Waals surface area (Å²) in [5, 5.41) is 8.68. The second-order valence-electron chi connectivity index (χ2n) is 7.90. The molecule has 0 saturated carbocycles. The highest BCUT2D eigenvalue weighted by Gasteiger charge is 2.37. The summed E-state index contributed by atoms with van der Waals surface area (Å²) in [7, 11) is 2.99. The molecule has 0 saturated heterocycles. The van der Waals surface area contributed by atoms with Gasteiger partial charge in [0.2, 0.25) is 0 Å². The second-order valence-corrected chi connectivity index (χ2v) is 9.36. The van der Waals surface area contributed by atoms with E-state index < -0.39 is 45.9 Å². The van der Waals surface area contributed by atoms with Gasteiger partial charge in [0.05, 0.1) is 36.8 Å². The summed E-state index contributed by atoms with van der Waals surface area (Å²) in [5.41, 5.74) is -2.30. The first kappa shape index (κ1) is 25.4. The highest BCUT2D eigenvalue weighted by Crippen LogP contribution is 2.41. The molecule has 0 radical (unpaired) electrons. The quantitative estimate of drug-likeness (QED) is 0.311. The van der Waals surface area contributed by atoms with Gasteiger partial charge in [0, 0.05) is 31.4 Å². The van der Waals surface area contributed by atoms with Gasteiger partial charge in [0.15, 0.2) is 0 Å². The van der Waals surface area contributed by atoms with Gasteiger partial charge in [-0.15, -0.1) is 11.3 Å². The lowest BCUT2D eigenvalue weighted by Crippen LogP contribution is -2.20. The Hall–Kier alpha value is -3.70. The maximum absolute atomic E-state index is 14.9. The molecule has 2 heterocycles. The Morgan fingerprint density at radius 2 is 1.75 bits per heavy atom. The van der Waals surface area contributed by atoms with E-state index in [-0.39, 0.29) is 31.8 Å². The van der Waals surface area contributed by atoms with Crippen molar-refractivity contribution in [3.63, 3.8) is 0 Å². The third-order valence-electron chi connectivity index (χ3n) is 5.35. The molecule has 36 heavy (non-hydrogen) atoms. The van der Waals surface area contributed by atoms with Gasteiger partial charge >= 0.3 is 12.1 Å². The van der Waals surface area contributed by atoms with Crippen LogP contribution in [0.25, 0.3) is 21.3 Å². The summed E-state index contributed by atoms with van der Waals surface area (Å²) in [5.74, 6) is -3.85. The molecule has 6 nitrogen and oxygen atoms in total. The molecular formula is C24H15ClF4N2O4S. The number of carbonyl (C=O) groups excluding carboxylic acids is 2. The molecule has 0 atom stereocenters. The lowest BCUT2D eigenvalue weighted by molar-refractivity contribution is -0.137. The van der Waals surface area contributed by atoms with Gasteiger partial charge in [0.1, 0.15) is 5.82 Å². The number of fused-ring (bicyclic) bond motifs is 1. The zero-order chi connectivity index (χ0) is 26.5. The molecular weight excluding hydrogens is 524 g/mol. The smallest absolute Gasteiger partial charge is 0.417 e. The molecule has 186 valence electrons. The maximum Gasteiger partial charge on any atom is 0.417 e. The number of aromatic nitrogens is 1. The number of carboxylic acids is 1. The molecule has 1 N–H and O–H groups in total. The predicted octanol–water partition coefficient (Wildman–Crippen LogP) is 6.27. The Morgan fingerprint density at radius 3 is 2.33 bits per heavy atom. The Labute approximate surface area is 209 Å². The minimum atomic E-state index is -4.88. The first-order valence-corrected chi connectivity index (χ1v) is 11.3. The number of hydrogen-bond donors (Lipinski definition) is 1. The number of rotatable bonds is 4. The Morgan fingerprint density at radius 1 is 1.06 bits per heavy atom. The van der Waals surface area contributed by atoms with Crippen LogP contribution in [0.1, 0.15) is 36.0 Å². The van der Waals surface area contributed by atoms with E-state index in [4.69, 9.17) is 16.7 Å². The predicted molar refractivity (Wildman–Crippen MR) is 126 cm³/mol. The summed E-state index contributed by atoms with van der Waals surface area (Å²) in [4.78, 5) is 38.6.